The van der Waals surface area contributed by atoms with Gasteiger partial charge in [-0.05, 0) is 25.7 Å². The van der Waals surface area contributed by atoms with Crippen molar-refractivity contribution in [2.24, 2.45) is 5.92 Å². The number of carbonyl (C=O) groups is 1. The average molecular weight is 223 g/mol. The molecular formula is C12H21N3O. The van der Waals surface area contributed by atoms with Crippen LogP contribution in [-0.2, 0) is 0 Å². The molecule has 4 nitrogen and oxygen atoms in total. The second kappa shape index (κ2) is 5.74. The zero-order valence-electron chi connectivity index (χ0n) is 10.4. The fourth-order valence-electron chi connectivity index (χ4n) is 1.88. The third-order valence-electron chi connectivity index (χ3n) is 3.40. The molecule has 0 aromatic rings. The van der Waals surface area contributed by atoms with Crippen molar-refractivity contribution in [3.05, 3.63) is 0 Å². The van der Waals surface area contributed by atoms with Gasteiger partial charge in [0.05, 0.1) is 12.5 Å². The van der Waals surface area contributed by atoms with E-state index in [4.69, 9.17) is 5.26 Å². The molecule has 0 saturated carbocycles. The number of carbonyl (C=O) groups excluding carboxylic acids is 1. The molecule has 90 valence electrons. The minimum atomic E-state index is -0.00292. The summed E-state index contributed by atoms with van der Waals surface area (Å²) in [5, 5.41) is 8.61. The van der Waals surface area contributed by atoms with E-state index in [2.05, 4.69) is 13.0 Å². The summed E-state index contributed by atoms with van der Waals surface area (Å²) < 4.78 is 0. The first-order chi connectivity index (χ1) is 7.56. The van der Waals surface area contributed by atoms with Gasteiger partial charge in [-0.25, -0.2) is 4.79 Å². The maximum atomic E-state index is 12.1. The van der Waals surface area contributed by atoms with E-state index in [9.17, 15) is 4.79 Å². The lowest BCUT2D eigenvalue weighted by atomic mass is 9.99. The van der Waals surface area contributed by atoms with Crippen LogP contribution in [0.5, 0.6) is 0 Å². The number of nitrogens with zero attached hydrogens (tertiary/aromatic N) is 3. The van der Waals surface area contributed by atoms with Crippen molar-refractivity contribution in [2.45, 2.75) is 39.2 Å². The maximum absolute atomic E-state index is 12.1. The third-order valence-corrected chi connectivity index (χ3v) is 3.40. The van der Waals surface area contributed by atoms with Crippen LogP contribution >= 0.6 is 0 Å². The van der Waals surface area contributed by atoms with E-state index in [0.717, 1.165) is 31.8 Å². The number of hydrogen-bond donors (Lipinski definition) is 0. The quantitative estimate of drug-likeness (QED) is 0.719. The van der Waals surface area contributed by atoms with E-state index in [1.807, 2.05) is 11.8 Å². The Labute approximate surface area is 97.8 Å². The molecule has 0 N–H and O–H groups in total. The molecule has 1 unspecified atom stereocenters. The van der Waals surface area contributed by atoms with Crippen LogP contribution in [0.25, 0.3) is 0 Å². The van der Waals surface area contributed by atoms with Gasteiger partial charge in [-0.3, -0.25) is 0 Å². The van der Waals surface area contributed by atoms with Crippen molar-refractivity contribution < 1.29 is 4.79 Å². The minimum Gasteiger partial charge on any atom is -0.325 e. The Balaban J connectivity index is 2.48. The molecule has 1 heterocycles. The van der Waals surface area contributed by atoms with Gasteiger partial charge in [0.1, 0.15) is 0 Å². The van der Waals surface area contributed by atoms with Crippen LogP contribution in [0.15, 0.2) is 0 Å². The predicted octanol–water partition coefficient (Wildman–Crippen LogP) is 2.07. The topological polar surface area (TPSA) is 47.3 Å². The minimum absolute atomic E-state index is 0.00292. The number of amides is 2. The lowest BCUT2D eigenvalue weighted by Crippen LogP contribution is -2.47. The highest BCUT2D eigenvalue weighted by atomic mass is 16.2. The Morgan fingerprint density at radius 1 is 1.56 bits per heavy atom. The lowest BCUT2D eigenvalue weighted by Gasteiger charge is -2.35. The molecule has 16 heavy (non-hydrogen) atoms. The van der Waals surface area contributed by atoms with Gasteiger partial charge in [0.2, 0.25) is 0 Å². The lowest BCUT2D eigenvalue weighted by molar-refractivity contribution is 0.132. The summed E-state index contributed by atoms with van der Waals surface area (Å²) in [6, 6.07) is 2.16. The third kappa shape index (κ3) is 3.13. The Morgan fingerprint density at radius 2 is 2.12 bits per heavy atom. The molecule has 1 saturated heterocycles. The molecule has 1 fully saturated rings. The first-order valence-corrected chi connectivity index (χ1v) is 5.95. The van der Waals surface area contributed by atoms with Gasteiger partial charge >= 0.3 is 6.03 Å². The zero-order chi connectivity index (χ0) is 12.1. The van der Waals surface area contributed by atoms with E-state index in [1.54, 1.807) is 11.9 Å². The molecule has 0 aliphatic carbocycles. The fraction of sp³-hybridized carbons (Fsp3) is 0.833. The highest BCUT2D eigenvalue weighted by Gasteiger charge is 2.24. The molecule has 0 aromatic heterocycles. The van der Waals surface area contributed by atoms with E-state index in [0.29, 0.717) is 6.42 Å². The van der Waals surface area contributed by atoms with Gasteiger partial charge in [0.25, 0.3) is 0 Å². The van der Waals surface area contributed by atoms with Crippen LogP contribution in [-0.4, -0.2) is 42.0 Å². The Kier molecular flexibility index (Phi) is 4.60. The predicted molar refractivity (Wildman–Crippen MR) is 62.8 cm³/mol. The van der Waals surface area contributed by atoms with Gasteiger partial charge in [0.15, 0.2) is 0 Å². The summed E-state index contributed by atoms with van der Waals surface area (Å²) in [4.78, 5) is 15.6. The number of hydrogen-bond acceptors (Lipinski definition) is 2. The molecule has 1 aliphatic rings. The van der Waals surface area contributed by atoms with Gasteiger partial charge < -0.3 is 9.80 Å². The maximum Gasteiger partial charge on any atom is 0.320 e. The number of likely N-dealkylation sites (tertiary alicyclic amines) is 1. The molecule has 0 bridgehead atoms. The number of rotatable bonds is 2. The van der Waals surface area contributed by atoms with Crippen molar-refractivity contribution in [1.82, 2.24) is 9.80 Å². The van der Waals surface area contributed by atoms with Crippen molar-refractivity contribution in [1.29, 1.82) is 5.26 Å². The van der Waals surface area contributed by atoms with Gasteiger partial charge in [-0.1, -0.05) is 6.92 Å². The summed E-state index contributed by atoms with van der Waals surface area (Å²) in [7, 11) is 1.78. The molecule has 2 amide bonds. The fourth-order valence-corrected chi connectivity index (χ4v) is 1.88. The van der Waals surface area contributed by atoms with E-state index >= 15 is 0 Å². The number of urea groups is 1. The summed E-state index contributed by atoms with van der Waals surface area (Å²) in [6.45, 7) is 5.84. The average Bonchev–Trinajstić information content (AvgIpc) is 2.28. The van der Waals surface area contributed by atoms with Crippen molar-refractivity contribution in [3.8, 4) is 6.07 Å². The summed E-state index contributed by atoms with van der Waals surface area (Å²) in [6.07, 6.45) is 2.57. The second-order valence-electron chi connectivity index (χ2n) is 4.77. The normalized spacial score (nSPS) is 19.0. The standard InChI is InChI=1S/C12H21N3O/c1-10-5-8-15(9-6-10)12(16)14(3)11(2)4-7-13/h10-11H,4-6,8-9H2,1-3H3. The molecule has 0 radical (unpaired) electrons. The summed E-state index contributed by atoms with van der Waals surface area (Å²) >= 11 is 0. The Morgan fingerprint density at radius 3 is 2.62 bits per heavy atom. The van der Waals surface area contributed by atoms with Gasteiger partial charge in [0, 0.05) is 26.2 Å². The first kappa shape index (κ1) is 12.8. The van der Waals surface area contributed by atoms with E-state index in [1.165, 1.54) is 0 Å². The van der Waals surface area contributed by atoms with E-state index in [-0.39, 0.29) is 12.1 Å². The Hall–Kier alpha value is -1.24. The van der Waals surface area contributed by atoms with Crippen LogP contribution in [0.2, 0.25) is 0 Å². The van der Waals surface area contributed by atoms with Crippen LogP contribution in [0, 0.1) is 17.2 Å². The smallest absolute Gasteiger partial charge is 0.320 e. The monoisotopic (exact) mass is 223 g/mol. The van der Waals surface area contributed by atoms with Crippen LogP contribution < -0.4 is 0 Å². The molecule has 1 atom stereocenters. The van der Waals surface area contributed by atoms with Crippen LogP contribution in [0.3, 0.4) is 0 Å². The highest BCUT2D eigenvalue weighted by molar-refractivity contribution is 5.74. The van der Waals surface area contributed by atoms with Crippen molar-refractivity contribution >= 4 is 6.03 Å². The van der Waals surface area contributed by atoms with Crippen LogP contribution in [0.4, 0.5) is 4.79 Å². The molecule has 1 aliphatic heterocycles. The molecule has 4 heteroatoms. The number of piperidine rings is 1. The molecule has 0 aromatic carbocycles. The summed E-state index contributed by atoms with van der Waals surface area (Å²) in [5.74, 6) is 0.728. The highest BCUT2D eigenvalue weighted by Crippen LogP contribution is 2.17. The number of nitriles is 1. The SMILES string of the molecule is CC1CCN(C(=O)N(C)C(C)CC#N)CC1. The van der Waals surface area contributed by atoms with Gasteiger partial charge in [-0.15, -0.1) is 0 Å². The largest absolute Gasteiger partial charge is 0.325 e. The van der Waals surface area contributed by atoms with Crippen LogP contribution in [0.1, 0.15) is 33.1 Å². The van der Waals surface area contributed by atoms with Crippen molar-refractivity contribution in [2.75, 3.05) is 20.1 Å². The summed E-state index contributed by atoms with van der Waals surface area (Å²) in [5.41, 5.74) is 0. The zero-order valence-corrected chi connectivity index (χ0v) is 10.4. The Bertz CT molecular complexity index is 276. The second-order valence-corrected chi connectivity index (χ2v) is 4.77. The van der Waals surface area contributed by atoms with Crippen molar-refractivity contribution in [3.63, 3.8) is 0 Å². The molecule has 0 spiro atoms. The molecular weight excluding hydrogens is 202 g/mol. The van der Waals surface area contributed by atoms with E-state index < -0.39 is 0 Å². The molecule has 1 rings (SSSR count). The van der Waals surface area contributed by atoms with Gasteiger partial charge in [-0.2, -0.15) is 5.26 Å². The first-order valence-electron chi connectivity index (χ1n) is 5.95.